The van der Waals surface area contributed by atoms with Crippen molar-refractivity contribution in [1.82, 2.24) is 9.88 Å². The number of nitrogens with zero attached hydrogens (tertiary/aromatic N) is 4. The van der Waals surface area contributed by atoms with Gasteiger partial charge in [0.15, 0.2) is 0 Å². The molecule has 4 N–H and O–H groups in total. The number of anilines is 2. The second-order valence-corrected chi connectivity index (χ2v) is 8.30. The first-order chi connectivity index (χ1) is 18.1. The number of hydrogen-bond acceptors (Lipinski definition) is 8. The van der Waals surface area contributed by atoms with Crippen LogP contribution < -0.4 is 9.80 Å². The minimum absolute atomic E-state index is 0.238. The highest BCUT2D eigenvalue weighted by Gasteiger charge is 2.27. The molecule has 204 valence electrons. The van der Waals surface area contributed by atoms with Crippen LogP contribution in [0.4, 0.5) is 11.4 Å². The van der Waals surface area contributed by atoms with Gasteiger partial charge in [0, 0.05) is 32.3 Å². The van der Waals surface area contributed by atoms with Crippen LogP contribution in [0.3, 0.4) is 0 Å². The molecule has 1 fully saturated rings. The fourth-order valence-corrected chi connectivity index (χ4v) is 3.93. The lowest BCUT2D eigenvalue weighted by Crippen LogP contribution is -2.44. The van der Waals surface area contributed by atoms with Gasteiger partial charge in [-0.05, 0) is 50.2 Å². The Labute approximate surface area is 218 Å². The molecule has 0 unspecified atom stereocenters. The van der Waals surface area contributed by atoms with E-state index in [2.05, 4.69) is 33.0 Å². The normalized spacial score (nSPS) is 14.2. The summed E-state index contributed by atoms with van der Waals surface area (Å²) in [5.41, 5.74) is 3.20. The van der Waals surface area contributed by atoms with E-state index in [1.807, 2.05) is 35.4 Å². The van der Waals surface area contributed by atoms with Crippen molar-refractivity contribution in [1.29, 1.82) is 0 Å². The monoisotopic (exact) mass is 530 g/mol. The maximum absolute atomic E-state index is 12.9. The number of pyridine rings is 1. The van der Waals surface area contributed by atoms with Gasteiger partial charge in [0.25, 0.3) is 0 Å². The molecule has 38 heavy (non-hydrogen) atoms. The first-order valence-corrected chi connectivity index (χ1v) is 11.8. The largest absolute Gasteiger partial charge is 0.473 e. The topological polar surface area (TPSA) is 189 Å². The second kappa shape index (κ2) is 14.9. The molecule has 2 aliphatic heterocycles. The summed E-state index contributed by atoms with van der Waals surface area (Å²) in [4.78, 5) is 60.4. The van der Waals surface area contributed by atoms with Gasteiger partial charge in [-0.1, -0.05) is 18.2 Å². The summed E-state index contributed by atoms with van der Waals surface area (Å²) in [6, 6.07) is 14.2. The molecule has 4 rings (SSSR count). The molecule has 1 amide bonds. The average molecular weight is 531 g/mol. The molecule has 0 spiro atoms. The number of benzene rings is 1. The van der Waals surface area contributed by atoms with Gasteiger partial charge in [0.2, 0.25) is 5.91 Å². The molecule has 0 radical (unpaired) electrons. The minimum Gasteiger partial charge on any atom is -0.473 e. The maximum atomic E-state index is 12.9. The van der Waals surface area contributed by atoms with Crippen molar-refractivity contribution in [3.05, 3.63) is 54.4 Å². The van der Waals surface area contributed by atoms with Gasteiger partial charge in [-0.25, -0.2) is 19.2 Å². The number of aliphatic carboxylic acids is 4. The standard InChI is InChI=1S/C21H26N4O.2C2H2O4/c26-21(10-14-23-12-5-6-13-23)25-16-15-24(17-18-7-3-4-11-22-18)19-8-1-2-9-20(19)25;2*3-1(4)2(5)6/h1-4,7-9,11H,5-6,10,12-17H2;2*(H,3,4)(H,5,6). The molecule has 1 aromatic carbocycles. The Kier molecular flexibility index (Phi) is 11.6. The Bertz CT molecular complexity index is 1070. The van der Waals surface area contributed by atoms with Gasteiger partial charge < -0.3 is 35.1 Å². The molecular formula is C25H30N4O9. The van der Waals surface area contributed by atoms with E-state index < -0.39 is 23.9 Å². The van der Waals surface area contributed by atoms with E-state index in [0.29, 0.717) is 6.42 Å². The third kappa shape index (κ3) is 9.50. The lowest BCUT2D eigenvalue weighted by Gasteiger charge is -2.38. The smallest absolute Gasteiger partial charge is 0.414 e. The van der Waals surface area contributed by atoms with E-state index >= 15 is 0 Å². The highest BCUT2D eigenvalue weighted by atomic mass is 16.4. The molecule has 2 aliphatic rings. The molecular weight excluding hydrogens is 500 g/mol. The number of carbonyl (C=O) groups excluding carboxylic acids is 1. The lowest BCUT2D eigenvalue weighted by atomic mass is 10.1. The molecule has 3 heterocycles. The lowest BCUT2D eigenvalue weighted by molar-refractivity contribution is -0.159. The summed E-state index contributed by atoms with van der Waals surface area (Å²) in [6.07, 6.45) is 4.97. The van der Waals surface area contributed by atoms with Gasteiger partial charge in [0.05, 0.1) is 23.6 Å². The number of carbonyl (C=O) groups is 5. The van der Waals surface area contributed by atoms with Crippen LogP contribution in [0.25, 0.3) is 0 Å². The molecule has 13 nitrogen and oxygen atoms in total. The predicted molar refractivity (Wildman–Crippen MR) is 135 cm³/mol. The van der Waals surface area contributed by atoms with Gasteiger partial charge in [-0.15, -0.1) is 0 Å². The van der Waals surface area contributed by atoms with Crippen LogP contribution in [0, 0.1) is 0 Å². The van der Waals surface area contributed by atoms with Crippen molar-refractivity contribution in [2.24, 2.45) is 0 Å². The van der Waals surface area contributed by atoms with Crippen LogP contribution in [0.1, 0.15) is 25.0 Å². The van der Waals surface area contributed by atoms with Crippen molar-refractivity contribution < 1.29 is 44.4 Å². The SMILES string of the molecule is O=C(CCN1CCCC1)N1CCN(Cc2ccccn2)c2ccccc21.O=C(O)C(=O)O.O=C(O)C(=O)O. The number of carboxylic acid groups (broad SMARTS) is 4. The summed E-state index contributed by atoms with van der Waals surface area (Å²) >= 11 is 0. The van der Waals surface area contributed by atoms with Crippen molar-refractivity contribution in [3.63, 3.8) is 0 Å². The quantitative estimate of drug-likeness (QED) is 0.405. The van der Waals surface area contributed by atoms with Crippen molar-refractivity contribution in [2.75, 3.05) is 42.5 Å². The first-order valence-electron chi connectivity index (χ1n) is 11.8. The van der Waals surface area contributed by atoms with E-state index in [9.17, 15) is 4.79 Å². The van der Waals surface area contributed by atoms with Crippen LogP contribution in [0.15, 0.2) is 48.7 Å². The Balaban J connectivity index is 0.000000355. The second-order valence-electron chi connectivity index (χ2n) is 8.30. The summed E-state index contributed by atoms with van der Waals surface area (Å²) < 4.78 is 0. The third-order valence-electron chi connectivity index (χ3n) is 5.69. The van der Waals surface area contributed by atoms with E-state index in [0.717, 1.165) is 56.3 Å². The Morgan fingerprint density at radius 2 is 1.26 bits per heavy atom. The molecule has 13 heteroatoms. The number of amides is 1. The summed E-state index contributed by atoms with van der Waals surface area (Å²) in [5, 5.41) is 29.6. The fraction of sp³-hybridized carbons (Fsp3) is 0.360. The third-order valence-corrected chi connectivity index (χ3v) is 5.69. The molecule has 1 saturated heterocycles. The number of hydrogen-bond donors (Lipinski definition) is 4. The van der Waals surface area contributed by atoms with E-state index in [1.54, 1.807) is 0 Å². The summed E-state index contributed by atoms with van der Waals surface area (Å²) in [5.74, 6) is -7.06. The molecule has 0 bridgehead atoms. The fourth-order valence-electron chi connectivity index (χ4n) is 3.93. The van der Waals surface area contributed by atoms with Crippen molar-refractivity contribution in [3.8, 4) is 0 Å². The zero-order valence-corrected chi connectivity index (χ0v) is 20.6. The van der Waals surface area contributed by atoms with Crippen LogP contribution in [-0.2, 0) is 30.5 Å². The Hall–Kier alpha value is -4.52. The number of para-hydroxylation sites is 2. The molecule has 0 aliphatic carbocycles. The van der Waals surface area contributed by atoms with Gasteiger partial charge >= 0.3 is 23.9 Å². The number of carboxylic acids is 4. The zero-order chi connectivity index (χ0) is 28.1. The zero-order valence-electron chi connectivity index (χ0n) is 20.6. The van der Waals surface area contributed by atoms with E-state index in [1.165, 1.54) is 12.8 Å². The maximum Gasteiger partial charge on any atom is 0.414 e. The van der Waals surface area contributed by atoms with Crippen LogP contribution in [0.5, 0.6) is 0 Å². The number of fused-ring (bicyclic) bond motifs is 1. The number of likely N-dealkylation sites (tertiary alicyclic amines) is 1. The van der Waals surface area contributed by atoms with Gasteiger partial charge in [0.1, 0.15) is 0 Å². The Morgan fingerprint density at radius 3 is 1.79 bits per heavy atom. The van der Waals surface area contributed by atoms with Crippen LogP contribution in [-0.4, -0.2) is 92.8 Å². The highest BCUT2D eigenvalue weighted by molar-refractivity contribution is 6.27. The van der Waals surface area contributed by atoms with Crippen molar-refractivity contribution in [2.45, 2.75) is 25.8 Å². The molecule has 0 atom stereocenters. The Morgan fingerprint density at radius 1 is 0.711 bits per heavy atom. The molecule has 1 aromatic heterocycles. The van der Waals surface area contributed by atoms with Crippen LogP contribution in [0.2, 0.25) is 0 Å². The summed E-state index contributed by atoms with van der Waals surface area (Å²) in [6.45, 7) is 5.51. The number of rotatable bonds is 5. The summed E-state index contributed by atoms with van der Waals surface area (Å²) in [7, 11) is 0. The van der Waals surface area contributed by atoms with E-state index in [-0.39, 0.29) is 5.91 Å². The minimum atomic E-state index is -1.82. The number of aromatic nitrogens is 1. The van der Waals surface area contributed by atoms with Crippen molar-refractivity contribution >= 4 is 41.2 Å². The van der Waals surface area contributed by atoms with Gasteiger partial charge in [-0.2, -0.15) is 0 Å². The predicted octanol–water partition coefficient (Wildman–Crippen LogP) is 1.23. The van der Waals surface area contributed by atoms with Crippen LogP contribution >= 0.6 is 0 Å². The first kappa shape index (κ1) is 29.7. The average Bonchev–Trinajstić information content (AvgIpc) is 3.42. The molecule has 0 saturated carbocycles. The molecule has 2 aromatic rings. The van der Waals surface area contributed by atoms with Gasteiger partial charge in [-0.3, -0.25) is 9.78 Å². The van der Waals surface area contributed by atoms with E-state index in [4.69, 9.17) is 39.6 Å². The highest BCUT2D eigenvalue weighted by Crippen LogP contribution is 2.34.